The number of hydrogen-bond acceptors (Lipinski definition) is 4. The molecule has 4 rings (SSSR count). The summed E-state index contributed by atoms with van der Waals surface area (Å²) < 4.78 is 12.8. The molecule has 1 amide bonds. The molecule has 2 aromatic carbocycles. The number of nitrogens with zero attached hydrogens (tertiary/aromatic N) is 1. The van der Waals surface area contributed by atoms with E-state index in [1.165, 1.54) is 10.6 Å². The van der Waals surface area contributed by atoms with Gasteiger partial charge in [-0.2, -0.15) is 0 Å². The van der Waals surface area contributed by atoms with Crippen molar-refractivity contribution in [1.82, 2.24) is 9.88 Å². The summed E-state index contributed by atoms with van der Waals surface area (Å²) >= 11 is 0. The molecule has 0 fully saturated rings. The van der Waals surface area contributed by atoms with E-state index in [1.807, 2.05) is 60.7 Å². The van der Waals surface area contributed by atoms with Gasteiger partial charge < -0.3 is 14.5 Å². The minimum Gasteiger partial charge on any atom is -0.489 e. The third-order valence-electron chi connectivity index (χ3n) is 4.78. The smallest absolute Gasteiger partial charge is 0.287 e. The molecule has 31 heavy (non-hydrogen) atoms. The lowest BCUT2D eigenvalue weighted by molar-refractivity contribution is 0.0922. The lowest BCUT2D eigenvalue weighted by Gasteiger charge is -2.07. The number of nitrogens with one attached hydrogen (secondary N) is 1. The maximum Gasteiger partial charge on any atom is 0.287 e. The highest BCUT2D eigenvalue weighted by Gasteiger charge is 2.17. The zero-order valence-corrected chi connectivity index (χ0v) is 17.1. The summed E-state index contributed by atoms with van der Waals surface area (Å²) in [5, 5.41) is 2.84. The first-order chi connectivity index (χ1) is 15.1. The van der Waals surface area contributed by atoms with Crippen molar-refractivity contribution in [2.45, 2.75) is 20.1 Å². The molecule has 2 aromatic heterocycles. The number of amides is 1. The Morgan fingerprint density at radius 1 is 0.968 bits per heavy atom. The maximum absolute atomic E-state index is 12.6. The summed E-state index contributed by atoms with van der Waals surface area (Å²) in [5.74, 6) is 0.599. The second-order valence-corrected chi connectivity index (χ2v) is 7.11. The second-order valence-electron chi connectivity index (χ2n) is 7.11. The first-order valence-corrected chi connectivity index (χ1v) is 9.92. The summed E-state index contributed by atoms with van der Waals surface area (Å²) in [6.45, 7) is 2.53. The van der Waals surface area contributed by atoms with E-state index >= 15 is 0 Å². The Morgan fingerprint density at radius 3 is 2.32 bits per heavy atom. The molecular formula is C25H22N2O4. The van der Waals surface area contributed by atoms with Crippen molar-refractivity contribution in [1.29, 1.82) is 0 Å². The monoisotopic (exact) mass is 414 g/mol. The standard InChI is InChI=1S/C25H22N2O4/c1-18-14-23(31-24(18)25(29)26-16-19-8-4-2-5-9-19)27-13-12-21(15-22(27)28)30-17-20-10-6-3-7-11-20/h2-15H,16-17H2,1H3,(H,26,29). The number of furan rings is 1. The Labute approximate surface area is 179 Å². The van der Waals surface area contributed by atoms with Crippen molar-refractivity contribution < 1.29 is 13.9 Å². The number of aromatic nitrogens is 1. The normalized spacial score (nSPS) is 10.6. The molecule has 0 aliphatic carbocycles. The molecular weight excluding hydrogens is 392 g/mol. The van der Waals surface area contributed by atoms with Crippen molar-refractivity contribution in [3.05, 3.63) is 118 Å². The lowest BCUT2D eigenvalue weighted by Crippen LogP contribution is -2.23. The van der Waals surface area contributed by atoms with Gasteiger partial charge in [0.2, 0.25) is 5.88 Å². The first kappa shape index (κ1) is 20.2. The molecule has 6 heteroatoms. The van der Waals surface area contributed by atoms with Crippen molar-refractivity contribution in [2.24, 2.45) is 0 Å². The predicted molar refractivity (Wildman–Crippen MR) is 117 cm³/mol. The van der Waals surface area contributed by atoms with Crippen molar-refractivity contribution in [2.75, 3.05) is 0 Å². The molecule has 0 bridgehead atoms. The quantitative estimate of drug-likeness (QED) is 0.491. The highest BCUT2D eigenvalue weighted by Crippen LogP contribution is 2.19. The third kappa shape index (κ3) is 4.93. The van der Waals surface area contributed by atoms with E-state index in [2.05, 4.69) is 5.32 Å². The van der Waals surface area contributed by atoms with Crippen LogP contribution in [0.1, 0.15) is 27.2 Å². The third-order valence-corrected chi connectivity index (χ3v) is 4.78. The molecule has 0 spiro atoms. The number of hydrogen-bond donors (Lipinski definition) is 1. The van der Waals surface area contributed by atoms with Gasteiger partial charge in [-0.1, -0.05) is 60.7 Å². The first-order valence-electron chi connectivity index (χ1n) is 9.92. The number of carbonyl (C=O) groups excluding carboxylic acids is 1. The number of carbonyl (C=O) groups is 1. The molecule has 0 radical (unpaired) electrons. The fourth-order valence-electron chi connectivity index (χ4n) is 3.14. The highest BCUT2D eigenvalue weighted by atomic mass is 16.5. The van der Waals surface area contributed by atoms with Crippen LogP contribution in [0.25, 0.3) is 5.88 Å². The van der Waals surface area contributed by atoms with Gasteiger partial charge >= 0.3 is 0 Å². The average molecular weight is 414 g/mol. The Hall–Kier alpha value is -4.06. The Balaban J connectivity index is 1.46. The Bertz CT molecular complexity index is 1230. The van der Waals surface area contributed by atoms with Crippen LogP contribution in [0, 0.1) is 6.92 Å². The van der Waals surface area contributed by atoms with Gasteiger partial charge in [0.05, 0.1) is 0 Å². The van der Waals surface area contributed by atoms with E-state index in [1.54, 1.807) is 25.3 Å². The van der Waals surface area contributed by atoms with Crippen molar-refractivity contribution in [3.63, 3.8) is 0 Å². The Morgan fingerprint density at radius 2 is 1.65 bits per heavy atom. The molecule has 6 nitrogen and oxygen atoms in total. The van der Waals surface area contributed by atoms with Gasteiger partial charge in [0.1, 0.15) is 12.4 Å². The van der Waals surface area contributed by atoms with Gasteiger partial charge in [-0.05, 0) is 24.1 Å². The number of ether oxygens (including phenoxy) is 1. The van der Waals surface area contributed by atoms with Crippen molar-refractivity contribution in [3.8, 4) is 11.6 Å². The number of benzene rings is 2. The molecule has 0 aliphatic rings. The average Bonchev–Trinajstić information content (AvgIpc) is 3.19. The van der Waals surface area contributed by atoms with Gasteiger partial charge in [0, 0.05) is 30.4 Å². The zero-order chi connectivity index (χ0) is 21.6. The van der Waals surface area contributed by atoms with E-state index in [9.17, 15) is 9.59 Å². The zero-order valence-electron chi connectivity index (χ0n) is 17.1. The summed E-state index contributed by atoms with van der Waals surface area (Å²) in [7, 11) is 0. The maximum atomic E-state index is 12.6. The molecule has 0 aliphatic heterocycles. The second kappa shape index (κ2) is 9.17. The van der Waals surface area contributed by atoms with Crippen LogP contribution in [-0.4, -0.2) is 10.5 Å². The minimum absolute atomic E-state index is 0.183. The molecule has 0 unspecified atom stereocenters. The number of pyridine rings is 1. The van der Waals surface area contributed by atoms with Crippen LogP contribution in [-0.2, 0) is 13.2 Å². The lowest BCUT2D eigenvalue weighted by atomic mass is 10.2. The van der Waals surface area contributed by atoms with Crippen LogP contribution in [0.5, 0.6) is 5.75 Å². The molecule has 0 saturated heterocycles. The number of rotatable bonds is 7. The highest BCUT2D eigenvalue weighted by molar-refractivity contribution is 5.93. The van der Waals surface area contributed by atoms with Crippen LogP contribution >= 0.6 is 0 Å². The van der Waals surface area contributed by atoms with Crippen molar-refractivity contribution >= 4 is 5.91 Å². The van der Waals surface area contributed by atoms with Gasteiger partial charge in [-0.15, -0.1) is 0 Å². The van der Waals surface area contributed by atoms with Crippen LogP contribution in [0.15, 0.2) is 94.3 Å². The van der Waals surface area contributed by atoms with E-state index < -0.39 is 0 Å². The van der Waals surface area contributed by atoms with E-state index in [0.29, 0.717) is 24.5 Å². The van der Waals surface area contributed by atoms with Crippen LogP contribution in [0.4, 0.5) is 0 Å². The van der Waals surface area contributed by atoms with Gasteiger partial charge in [0.15, 0.2) is 5.76 Å². The minimum atomic E-state index is -0.330. The summed E-state index contributed by atoms with van der Waals surface area (Å²) in [6.07, 6.45) is 1.58. The van der Waals surface area contributed by atoms with Crippen LogP contribution < -0.4 is 15.6 Å². The van der Waals surface area contributed by atoms with E-state index in [4.69, 9.17) is 9.15 Å². The molecule has 0 saturated carbocycles. The van der Waals surface area contributed by atoms with E-state index in [0.717, 1.165) is 11.1 Å². The topological polar surface area (TPSA) is 73.5 Å². The van der Waals surface area contributed by atoms with Crippen LogP contribution in [0.3, 0.4) is 0 Å². The summed E-state index contributed by atoms with van der Waals surface area (Å²) in [6, 6.07) is 24.1. The summed E-state index contributed by atoms with van der Waals surface area (Å²) in [4.78, 5) is 25.1. The molecule has 4 aromatic rings. The van der Waals surface area contributed by atoms with Gasteiger partial charge in [-0.3, -0.25) is 14.2 Å². The molecule has 0 atom stereocenters. The van der Waals surface area contributed by atoms with E-state index in [-0.39, 0.29) is 23.1 Å². The molecule has 1 N–H and O–H groups in total. The number of aryl methyl sites for hydroxylation is 1. The largest absolute Gasteiger partial charge is 0.489 e. The van der Waals surface area contributed by atoms with Gasteiger partial charge in [0.25, 0.3) is 11.5 Å². The van der Waals surface area contributed by atoms with Crippen LogP contribution in [0.2, 0.25) is 0 Å². The predicted octanol–water partition coefficient (Wildman–Crippen LogP) is 4.25. The molecule has 2 heterocycles. The van der Waals surface area contributed by atoms with Gasteiger partial charge in [-0.25, -0.2) is 0 Å². The summed E-state index contributed by atoms with van der Waals surface area (Å²) in [5.41, 5.74) is 2.34. The fraction of sp³-hybridized carbons (Fsp3) is 0.120. The SMILES string of the molecule is Cc1cc(-n2ccc(OCc3ccccc3)cc2=O)oc1C(=O)NCc1ccccc1. The molecule has 156 valence electrons. The fourth-order valence-corrected chi connectivity index (χ4v) is 3.14. The Kier molecular flexibility index (Phi) is 5.98.